The summed E-state index contributed by atoms with van der Waals surface area (Å²) < 4.78 is 8.34. The molecular formula is CdGeInOSnZn. The zero-order valence-electron chi connectivity index (χ0n) is 3.40. The van der Waals surface area contributed by atoms with Gasteiger partial charge in [-0.05, 0) is 0 Å². The quantitative estimate of drug-likeness (QED) is 0.380. The Morgan fingerprint density at radius 3 is 1.17 bits per heavy atom. The molecule has 6 heavy (non-hydrogen) atoms. The standard InChI is InChI=1S/Cd.Ge.In.O.Sn.Zn. The summed E-state index contributed by atoms with van der Waals surface area (Å²) >= 11 is 0.300. The van der Waals surface area contributed by atoms with Gasteiger partial charge in [-0.3, -0.25) is 0 Å². The molecule has 0 atom stereocenters. The van der Waals surface area contributed by atoms with Gasteiger partial charge in [-0.25, -0.2) is 0 Å². The Morgan fingerprint density at radius 1 is 1.17 bits per heavy atom. The van der Waals surface area contributed by atoms with Gasteiger partial charge in [0.05, 0.1) is 0 Å². The maximum absolute atomic E-state index is 8.34. The molecule has 0 fully saturated rings. The van der Waals surface area contributed by atoms with E-state index in [9.17, 15) is 0 Å². The van der Waals surface area contributed by atoms with E-state index in [-0.39, 0.29) is 90.2 Å². The Morgan fingerprint density at radius 2 is 1.17 bits per heavy atom. The Hall–Kier alpha value is 3.56. The first-order chi connectivity index (χ1) is 1.00. The fraction of sp³-hybridized carbons (Fsp3) is 0. The molecule has 0 rings (SSSR count). The van der Waals surface area contributed by atoms with E-state index >= 15 is 0 Å². The van der Waals surface area contributed by atoms with Crippen LogP contribution in [0, 0.1) is 0 Å². The van der Waals surface area contributed by atoms with E-state index in [1.807, 2.05) is 0 Å². The third-order valence-electron chi connectivity index (χ3n) is 0. The van der Waals surface area contributed by atoms with E-state index in [4.69, 9.17) is 3.08 Å². The Labute approximate surface area is 113 Å². The van der Waals surface area contributed by atoms with Crippen molar-refractivity contribution < 1.29 is 49.9 Å². The molecule has 0 bridgehead atoms. The van der Waals surface area contributed by atoms with Crippen LogP contribution in [0.5, 0.6) is 0 Å². The number of rotatable bonds is 0. The summed E-state index contributed by atoms with van der Waals surface area (Å²) in [6.07, 6.45) is 0. The molecule has 0 spiro atoms. The van der Waals surface area contributed by atoms with Crippen molar-refractivity contribution in [3.8, 4) is 0 Å². The number of hydrogen-bond acceptors (Lipinski definition) is 1. The van der Waals surface area contributed by atoms with Gasteiger partial charge in [0.2, 0.25) is 0 Å². The second kappa shape index (κ2) is 38.6. The molecule has 9 radical (unpaired) electrons. The smallest absolute Gasteiger partial charge is 0 e. The first-order valence-electron chi connectivity index (χ1n) is 0.204. The maximum atomic E-state index is 8.34. The third kappa shape index (κ3) is 25.7. The molecule has 0 saturated carbocycles. The average molecular weight is 500 g/mol. The van der Waals surface area contributed by atoms with Crippen LogP contribution in [-0.4, -0.2) is 66.0 Å². The Balaban J connectivity index is -0.000000000833. The summed E-state index contributed by atoms with van der Waals surface area (Å²) in [6.45, 7) is 0. The average Bonchev–Trinajstić information content (AvgIpc) is 1.00. The minimum absolute atomic E-state index is 0. The molecule has 0 aliphatic rings. The van der Waals surface area contributed by atoms with Gasteiger partial charge in [0, 0.05) is 90.2 Å². The molecule has 0 unspecified atom stereocenters. The fourth-order valence-corrected chi connectivity index (χ4v) is 0. The van der Waals surface area contributed by atoms with E-state index in [1.165, 1.54) is 0 Å². The predicted octanol–water partition coefficient (Wildman–Crippen LogP) is -1.27. The Kier molecular flexibility index (Phi) is 217. The van der Waals surface area contributed by atoms with Gasteiger partial charge >= 0.3 is 25.6 Å². The largest absolute Gasteiger partial charge is 0 e. The van der Waals surface area contributed by atoms with Crippen LogP contribution in [0.3, 0.4) is 0 Å². The van der Waals surface area contributed by atoms with Crippen LogP contribution in [0.2, 0.25) is 0 Å². The first kappa shape index (κ1) is 33.7. The zero-order valence-corrected chi connectivity index (χ0v) is 18.7. The minimum atomic E-state index is 0. The van der Waals surface area contributed by atoms with Gasteiger partial charge in [0.1, 0.15) is 0 Å². The van der Waals surface area contributed by atoms with Gasteiger partial charge in [0.25, 0.3) is 0 Å². The third-order valence-corrected chi connectivity index (χ3v) is 0. The molecule has 0 aliphatic heterocycles. The van der Waals surface area contributed by atoms with Gasteiger partial charge in [-0.1, -0.05) is 0 Å². The van der Waals surface area contributed by atoms with E-state index in [0.29, 0.717) is 22.5 Å². The van der Waals surface area contributed by atoms with Crippen LogP contribution >= 0.6 is 0 Å². The zero-order chi connectivity index (χ0) is 2.00. The second-order valence-corrected chi connectivity index (χ2v) is 0. The van der Waals surface area contributed by atoms with E-state index in [0.717, 1.165) is 0 Å². The molecule has 0 aromatic rings. The van der Waals surface area contributed by atoms with Crippen molar-refractivity contribution in [1.82, 2.24) is 0 Å². The summed E-state index contributed by atoms with van der Waals surface area (Å²) in [5.74, 6) is 0. The van der Waals surface area contributed by atoms with Gasteiger partial charge < -0.3 is 0 Å². The van der Waals surface area contributed by atoms with Gasteiger partial charge in [-0.2, -0.15) is 0 Å². The Bertz CT molecular complexity index is 15.5. The van der Waals surface area contributed by atoms with Gasteiger partial charge in [0.15, 0.2) is 0 Å². The molecule has 6 heteroatoms. The van der Waals surface area contributed by atoms with Crippen molar-refractivity contribution in [2.75, 3.05) is 0 Å². The molecule has 0 aromatic heterocycles. The molecular weight excluding hydrogens is 500 g/mol. The van der Waals surface area contributed by atoms with E-state index in [2.05, 4.69) is 0 Å². The molecule has 1 nitrogen and oxygen atoms in total. The summed E-state index contributed by atoms with van der Waals surface area (Å²) in [5, 5.41) is 0. The first-order valence-corrected chi connectivity index (χ1v) is 1.37. The molecule has 0 amide bonds. The second-order valence-electron chi connectivity index (χ2n) is 0. The maximum Gasteiger partial charge on any atom is 0 e. The van der Waals surface area contributed by atoms with Crippen molar-refractivity contribution in [2.45, 2.75) is 0 Å². The molecule has 0 aromatic carbocycles. The molecule has 0 aliphatic carbocycles. The number of hydrogen-bond donors (Lipinski definition) is 0. The van der Waals surface area contributed by atoms with Crippen LogP contribution in [0.1, 0.15) is 0 Å². The monoisotopic (exact) mass is 503 g/mol. The normalized spacial score (nSPS) is 0.667. The predicted molar refractivity (Wildman–Crippen MR) is 17.9 cm³/mol. The van der Waals surface area contributed by atoms with Crippen molar-refractivity contribution in [2.24, 2.45) is 0 Å². The topological polar surface area (TPSA) is 17.1 Å². The van der Waals surface area contributed by atoms with Crippen LogP contribution in [-0.2, 0) is 49.9 Å². The minimum Gasteiger partial charge on any atom is 0 e. The van der Waals surface area contributed by atoms with Crippen molar-refractivity contribution in [3.63, 3.8) is 0 Å². The van der Waals surface area contributed by atoms with E-state index in [1.54, 1.807) is 0 Å². The van der Waals surface area contributed by atoms with Crippen LogP contribution < -0.4 is 0 Å². The van der Waals surface area contributed by atoms with Crippen molar-refractivity contribution >= 4 is 66.0 Å². The SMILES string of the molecule is [Cd].[Ge].[In].[O]=[Sn].[Zn]. The van der Waals surface area contributed by atoms with Crippen molar-refractivity contribution in [1.29, 1.82) is 0 Å². The van der Waals surface area contributed by atoms with Crippen LogP contribution in [0.25, 0.3) is 0 Å². The fourth-order valence-electron chi connectivity index (χ4n) is 0. The molecule has 0 saturated heterocycles. The van der Waals surface area contributed by atoms with Crippen molar-refractivity contribution in [3.05, 3.63) is 0 Å². The molecule has 0 N–H and O–H groups in total. The van der Waals surface area contributed by atoms with E-state index < -0.39 is 0 Å². The van der Waals surface area contributed by atoms with Gasteiger partial charge in [-0.15, -0.1) is 0 Å². The van der Waals surface area contributed by atoms with Crippen LogP contribution in [0.15, 0.2) is 0 Å². The summed E-state index contributed by atoms with van der Waals surface area (Å²) in [6, 6.07) is 0. The molecule has 21 valence electrons. The molecule has 0 heterocycles. The summed E-state index contributed by atoms with van der Waals surface area (Å²) in [7, 11) is 0. The van der Waals surface area contributed by atoms with Crippen LogP contribution in [0.4, 0.5) is 0 Å². The summed E-state index contributed by atoms with van der Waals surface area (Å²) in [4.78, 5) is 0. The summed E-state index contributed by atoms with van der Waals surface area (Å²) in [5.41, 5.74) is 0.